The van der Waals surface area contributed by atoms with Crippen LogP contribution in [-0.4, -0.2) is 22.0 Å². The number of fused-ring (bicyclic) bond motifs is 1. The fraction of sp³-hybridized carbons (Fsp3) is 0.0800. The summed E-state index contributed by atoms with van der Waals surface area (Å²) < 4.78 is 6.79. The molecule has 160 valence electrons. The predicted molar refractivity (Wildman–Crippen MR) is 126 cm³/mol. The van der Waals surface area contributed by atoms with Crippen LogP contribution in [0.25, 0.3) is 28.6 Å². The monoisotopic (exact) mass is 490 g/mol. The fourth-order valence-corrected chi connectivity index (χ4v) is 3.40. The van der Waals surface area contributed by atoms with Crippen molar-refractivity contribution in [2.45, 2.75) is 13.0 Å². The van der Waals surface area contributed by atoms with Gasteiger partial charge in [0.1, 0.15) is 5.52 Å². The summed E-state index contributed by atoms with van der Waals surface area (Å²) in [7, 11) is 0. The fourth-order valence-electron chi connectivity index (χ4n) is 3.14. The van der Waals surface area contributed by atoms with Gasteiger partial charge in [-0.05, 0) is 59.2 Å². The van der Waals surface area contributed by atoms with E-state index in [2.05, 4.69) is 26.2 Å². The highest BCUT2D eigenvalue weighted by atomic mass is 79.9. The van der Waals surface area contributed by atoms with Crippen molar-refractivity contribution in [2.24, 2.45) is 0 Å². The molecule has 0 bridgehead atoms. The number of aliphatic carboxylic acids is 1. The number of oxazole rings is 1. The summed E-state index contributed by atoms with van der Waals surface area (Å²) in [6.45, 7) is 0.460. The minimum absolute atomic E-state index is 0.0597. The Bertz CT molecular complexity index is 1290. The zero-order chi connectivity index (χ0) is 22.5. The summed E-state index contributed by atoms with van der Waals surface area (Å²) in [5, 5.41) is 11.8. The van der Waals surface area contributed by atoms with Gasteiger partial charge in [0, 0.05) is 22.7 Å². The van der Waals surface area contributed by atoms with E-state index in [1.807, 2.05) is 48.5 Å². The average molecular weight is 491 g/mol. The molecule has 4 aromatic rings. The number of amides is 1. The Kier molecular flexibility index (Phi) is 6.47. The second-order valence-electron chi connectivity index (χ2n) is 7.19. The first-order valence-corrected chi connectivity index (χ1v) is 10.7. The maximum atomic E-state index is 12.1. The average Bonchev–Trinajstić information content (AvgIpc) is 3.20. The van der Waals surface area contributed by atoms with Gasteiger partial charge in [-0.15, -0.1) is 0 Å². The van der Waals surface area contributed by atoms with Gasteiger partial charge in [0.05, 0.1) is 6.42 Å². The van der Waals surface area contributed by atoms with E-state index in [0.29, 0.717) is 29.1 Å². The van der Waals surface area contributed by atoms with E-state index in [0.717, 1.165) is 21.2 Å². The molecule has 0 aliphatic carbocycles. The largest absolute Gasteiger partial charge is 0.481 e. The summed E-state index contributed by atoms with van der Waals surface area (Å²) in [5.74, 6) is -0.609. The van der Waals surface area contributed by atoms with E-state index >= 15 is 0 Å². The Balaban J connectivity index is 1.39. The van der Waals surface area contributed by atoms with Crippen molar-refractivity contribution in [2.75, 3.05) is 0 Å². The number of nitrogens with one attached hydrogen (secondary N) is 1. The van der Waals surface area contributed by atoms with Crippen LogP contribution in [0.5, 0.6) is 0 Å². The van der Waals surface area contributed by atoms with Gasteiger partial charge in [-0.25, -0.2) is 4.98 Å². The maximum absolute atomic E-state index is 12.1. The van der Waals surface area contributed by atoms with Crippen molar-refractivity contribution in [1.29, 1.82) is 0 Å². The van der Waals surface area contributed by atoms with Crippen LogP contribution in [0.1, 0.15) is 16.7 Å². The number of carbonyl (C=O) groups excluding carboxylic acids is 1. The van der Waals surface area contributed by atoms with Crippen LogP contribution in [0, 0.1) is 0 Å². The van der Waals surface area contributed by atoms with Crippen molar-refractivity contribution in [1.82, 2.24) is 10.3 Å². The van der Waals surface area contributed by atoms with E-state index in [9.17, 15) is 9.59 Å². The van der Waals surface area contributed by atoms with Gasteiger partial charge in [0.15, 0.2) is 5.58 Å². The number of aromatic nitrogens is 1. The molecule has 3 aromatic carbocycles. The van der Waals surface area contributed by atoms with Crippen LogP contribution in [0.4, 0.5) is 0 Å². The molecule has 1 aromatic heterocycles. The van der Waals surface area contributed by atoms with Crippen molar-refractivity contribution in [3.63, 3.8) is 0 Å². The van der Waals surface area contributed by atoms with Gasteiger partial charge in [-0.2, -0.15) is 0 Å². The lowest BCUT2D eigenvalue weighted by Crippen LogP contribution is -2.20. The van der Waals surface area contributed by atoms with Crippen molar-refractivity contribution < 1.29 is 19.1 Å². The lowest BCUT2D eigenvalue weighted by molar-refractivity contribution is -0.136. The standard InChI is InChI=1S/C25H19BrN2O4/c26-20-9-3-17(4-10-20)15-27-23(29)12-6-16-1-7-19(8-2-16)25-28-21-13-18(14-24(30)31)5-11-22(21)32-25/h1-13H,14-15H2,(H,27,29)(H,30,31)/b12-6+. The summed E-state index contributed by atoms with van der Waals surface area (Å²) in [4.78, 5) is 27.4. The van der Waals surface area contributed by atoms with Gasteiger partial charge in [-0.3, -0.25) is 9.59 Å². The maximum Gasteiger partial charge on any atom is 0.307 e. The number of benzene rings is 3. The van der Waals surface area contributed by atoms with E-state index in [4.69, 9.17) is 9.52 Å². The number of nitrogens with zero attached hydrogens (tertiary/aromatic N) is 1. The van der Waals surface area contributed by atoms with Crippen LogP contribution in [0.3, 0.4) is 0 Å². The van der Waals surface area contributed by atoms with Crippen molar-refractivity contribution >= 4 is 45.0 Å². The van der Waals surface area contributed by atoms with E-state index in [-0.39, 0.29) is 12.3 Å². The number of hydrogen-bond acceptors (Lipinski definition) is 4. The van der Waals surface area contributed by atoms with Crippen LogP contribution in [-0.2, 0) is 22.6 Å². The first-order valence-electron chi connectivity index (χ1n) is 9.88. The highest BCUT2D eigenvalue weighted by Gasteiger charge is 2.10. The lowest BCUT2D eigenvalue weighted by Gasteiger charge is -2.02. The molecule has 0 aliphatic rings. The molecule has 0 unspecified atom stereocenters. The zero-order valence-corrected chi connectivity index (χ0v) is 18.5. The molecule has 0 atom stereocenters. The number of carboxylic acid groups (broad SMARTS) is 1. The summed E-state index contributed by atoms with van der Waals surface area (Å²) in [6, 6.07) is 20.4. The SMILES string of the molecule is O=C(O)Cc1ccc2oc(-c3ccc(/C=C/C(=O)NCc4ccc(Br)cc4)cc3)nc2c1. The smallest absolute Gasteiger partial charge is 0.307 e. The third-order valence-corrected chi connectivity index (χ3v) is 5.30. The molecular weight excluding hydrogens is 472 g/mol. The van der Waals surface area contributed by atoms with E-state index in [1.165, 1.54) is 6.08 Å². The Morgan fingerprint density at radius 1 is 1.00 bits per heavy atom. The topological polar surface area (TPSA) is 92.4 Å². The molecule has 2 N–H and O–H groups in total. The van der Waals surface area contributed by atoms with E-state index in [1.54, 1.807) is 24.3 Å². The second kappa shape index (κ2) is 9.62. The summed E-state index contributed by atoms with van der Waals surface area (Å²) in [6.07, 6.45) is 3.18. The molecule has 0 fully saturated rings. The molecule has 1 heterocycles. The summed E-state index contributed by atoms with van der Waals surface area (Å²) >= 11 is 3.39. The predicted octanol–water partition coefficient (Wildman–Crippen LogP) is 5.21. The third-order valence-electron chi connectivity index (χ3n) is 4.77. The van der Waals surface area contributed by atoms with Crippen LogP contribution in [0.15, 0.2) is 81.7 Å². The number of hydrogen-bond donors (Lipinski definition) is 2. The second-order valence-corrected chi connectivity index (χ2v) is 8.11. The highest BCUT2D eigenvalue weighted by molar-refractivity contribution is 9.10. The summed E-state index contributed by atoms with van der Waals surface area (Å²) in [5.41, 5.74) is 4.56. The molecular formula is C25H19BrN2O4. The Morgan fingerprint density at radius 3 is 2.44 bits per heavy atom. The van der Waals surface area contributed by atoms with E-state index < -0.39 is 5.97 Å². The first kappa shape index (κ1) is 21.5. The van der Waals surface area contributed by atoms with Gasteiger partial charge in [0.2, 0.25) is 11.8 Å². The zero-order valence-electron chi connectivity index (χ0n) is 16.9. The number of rotatable bonds is 7. The lowest BCUT2D eigenvalue weighted by atomic mass is 10.1. The normalized spacial score (nSPS) is 11.2. The quantitative estimate of drug-likeness (QED) is 0.346. The molecule has 0 aliphatic heterocycles. The van der Waals surface area contributed by atoms with Gasteiger partial charge < -0.3 is 14.8 Å². The molecule has 0 radical (unpaired) electrons. The van der Waals surface area contributed by atoms with Crippen LogP contribution < -0.4 is 5.32 Å². The first-order chi connectivity index (χ1) is 15.5. The Hall–Kier alpha value is -3.71. The molecule has 4 rings (SSSR count). The van der Waals surface area contributed by atoms with Crippen LogP contribution >= 0.6 is 15.9 Å². The minimum atomic E-state index is -0.890. The number of carbonyl (C=O) groups is 2. The van der Waals surface area contributed by atoms with Crippen molar-refractivity contribution in [3.05, 3.63) is 94.0 Å². The molecule has 1 amide bonds. The van der Waals surface area contributed by atoms with Gasteiger partial charge in [-0.1, -0.05) is 46.3 Å². The molecule has 0 spiro atoms. The van der Waals surface area contributed by atoms with Gasteiger partial charge >= 0.3 is 5.97 Å². The molecule has 6 nitrogen and oxygen atoms in total. The highest BCUT2D eigenvalue weighted by Crippen LogP contribution is 2.25. The van der Waals surface area contributed by atoms with Crippen LogP contribution in [0.2, 0.25) is 0 Å². The molecule has 0 saturated heterocycles. The molecule has 7 heteroatoms. The molecule has 32 heavy (non-hydrogen) atoms. The number of carboxylic acids is 1. The Morgan fingerprint density at radius 2 is 1.72 bits per heavy atom. The Labute approximate surface area is 192 Å². The minimum Gasteiger partial charge on any atom is -0.481 e. The number of halogens is 1. The third kappa shape index (κ3) is 5.50. The van der Waals surface area contributed by atoms with Crippen molar-refractivity contribution in [3.8, 4) is 11.5 Å². The molecule has 0 saturated carbocycles. The van der Waals surface area contributed by atoms with Gasteiger partial charge in [0.25, 0.3) is 0 Å².